The Morgan fingerprint density at radius 2 is 1.65 bits per heavy atom. The summed E-state index contributed by atoms with van der Waals surface area (Å²) in [7, 11) is 0. The number of hydrogen-bond acceptors (Lipinski definition) is 4. The summed E-state index contributed by atoms with van der Waals surface area (Å²) in [4.78, 5) is 34.6. The van der Waals surface area contributed by atoms with Crippen LogP contribution in [-0.2, 0) is 20.9 Å². The number of carbonyl (C=O) groups excluding carboxylic acids is 1. The number of nitrogens with zero attached hydrogens (tertiary/aromatic N) is 1. The Morgan fingerprint density at radius 1 is 1.10 bits per heavy atom. The van der Waals surface area contributed by atoms with E-state index in [0.717, 1.165) is 10.5 Å². The topological polar surface area (TPSA) is 104 Å². The van der Waals surface area contributed by atoms with Crippen molar-refractivity contribution in [2.75, 3.05) is 13.1 Å². The second kappa shape index (κ2) is 5.20. The van der Waals surface area contributed by atoms with Crippen molar-refractivity contribution in [1.82, 2.24) is 4.90 Å². The summed E-state index contributed by atoms with van der Waals surface area (Å²) in [5.41, 5.74) is -1.12. The van der Waals surface area contributed by atoms with Gasteiger partial charge >= 0.3 is 18.0 Å². The van der Waals surface area contributed by atoms with Crippen LogP contribution in [0.5, 0.6) is 0 Å². The van der Waals surface area contributed by atoms with Crippen molar-refractivity contribution in [3.8, 4) is 0 Å². The average molecular weight is 279 g/mol. The maximum atomic E-state index is 11.6. The van der Waals surface area contributed by atoms with E-state index in [-0.39, 0.29) is 19.7 Å². The van der Waals surface area contributed by atoms with E-state index in [1.165, 1.54) is 0 Å². The highest BCUT2D eigenvalue weighted by molar-refractivity contribution is 6.01. The third-order valence-corrected chi connectivity index (χ3v) is 3.20. The van der Waals surface area contributed by atoms with Crippen molar-refractivity contribution in [2.45, 2.75) is 6.61 Å². The summed E-state index contributed by atoms with van der Waals surface area (Å²) in [5.74, 6) is -2.89. The number of ether oxygens (including phenoxy) is 1. The second-order valence-corrected chi connectivity index (χ2v) is 4.59. The SMILES string of the molecule is O=C(OCc1ccccc1)N1CC(C(=O)O)(C(=O)O)C1. The van der Waals surface area contributed by atoms with Gasteiger partial charge in [-0.2, -0.15) is 0 Å². The van der Waals surface area contributed by atoms with E-state index in [1.807, 2.05) is 6.07 Å². The summed E-state index contributed by atoms with van der Waals surface area (Å²) >= 11 is 0. The van der Waals surface area contributed by atoms with Crippen LogP contribution in [0.25, 0.3) is 0 Å². The maximum Gasteiger partial charge on any atom is 0.410 e. The number of carboxylic acids is 2. The molecule has 0 aliphatic carbocycles. The summed E-state index contributed by atoms with van der Waals surface area (Å²) in [6.07, 6.45) is -0.716. The lowest BCUT2D eigenvalue weighted by Crippen LogP contribution is -2.65. The van der Waals surface area contributed by atoms with Gasteiger partial charge in [0.25, 0.3) is 0 Å². The molecule has 0 aromatic heterocycles. The minimum Gasteiger partial charge on any atom is -0.480 e. The molecule has 20 heavy (non-hydrogen) atoms. The van der Waals surface area contributed by atoms with E-state index in [2.05, 4.69) is 0 Å². The van der Waals surface area contributed by atoms with E-state index in [9.17, 15) is 14.4 Å². The Kier molecular flexibility index (Phi) is 3.60. The van der Waals surface area contributed by atoms with Gasteiger partial charge in [0, 0.05) is 0 Å². The lowest BCUT2D eigenvalue weighted by atomic mass is 9.80. The first-order valence-electron chi connectivity index (χ1n) is 5.88. The Morgan fingerprint density at radius 3 is 2.15 bits per heavy atom. The Hall–Kier alpha value is -2.57. The highest BCUT2D eigenvalue weighted by Crippen LogP contribution is 2.31. The largest absolute Gasteiger partial charge is 0.480 e. The van der Waals surface area contributed by atoms with E-state index >= 15 is 0 Å². The molecule has 2 rings (SSSR count). The fourth-order valence-corrected chi connectivity index (χ4v) is 1.91. The molecule has 1 fully saturated rings. The quantitative estimate of drug-likeness (QED) is 0.790. The normalized spacial score (nSPS) is 16.1. The molecule has 7 heteroatoms. The lowest BCUT2D eigenvalue weighted by Gasteiger charge is -2.42. The van der Waals surface area contributed by atoms with Crippen LogP contribution in [0.3, 0.4) is 0 Å². The first-order valence-corrected chi connectivity index (χ1v) is 5.88. The number of carbonyl (C=O) groups is 3. The molecule has 1 saturated heterocycles. The molecule has 0 atom stereocenters. The first kappa shape index (κ1) is 13.9. The number of rotatable bonds is 4. The third-order valence-electron chi connectivity index (χ3n) is 3.20. The number of hydrogen-bond donors (Lipinski definition) is 2. The van der Waals surface area contributed by atoms with Crippen LogP contribution < -0.4 is 0 Å². The van der Waals surface area contributed by atoms with E-state index in [4.69, 9.17) is 14.9 Å². The smallest absolute Gasteiger partial charge is 0.410 e. The lowest BCUT2D eigenvalue weighted by molar-refractivity contribution is -0.175. The van der Waals surface area contributed by atoms with Crippen LogP contribution >= 0.6 is 0 Å². The third kappa shape index (κ3) is 2.42. The Labute approximate surface area is 114 Å². The molecule has 1 aromatic carbocycles. The summed E-state index contributed by atoms with van der Waals surface area (Å²) in [6.45, 7) is -0.708. The van der Waals surface area contributed by atoms with Crippen LogP contribution in [0.4, 0.5) is 4.79 Å². The van der Waals surface area contributed by atoms with Gasteiger partial charge in [-0.05, 0) is 5.56 Å². The molecule has 0 unspecified atom stereocenters. The highest BCUT2D eigenvalue weighted by Gasteiger charge is 2.58. The Balaban J connectivity index is 1.88. The number of aliphatic carboxylic acids is 2. The Bertz CT molecular complexity index is 519. The first-order chi connectivity index (χ1) is 9.45. The van der Waals surface area contributed by atoms with Crippen LogP contribution in [0.2, 0.25) is 0 Å². The van der Waals surface area contributed by atoms with Crippen LogP contribution in [0.1, 0.15) is 5.56 Å². The van der Waals surface area contributed by atoms with Crippen molar-refractivity contribution in [1.29, 1.82) is 0 Å². The number of amides is 1. The standard InChI is InChI=1S/C13H13NO6/c15-10(16)13(11(17)18)7-14(8-13)12(19)20-6-9-4-2-1-3-5-9/h1-5H,6-8H2,(H,15,16)(H,17,18). The van der Waals surface area contributed by atoms with Gasteiger partial charge in [0.1, 0.15) is 6.61 Å². The molecule has 0 spiro atoms. The molecule has 0 radical (unpaired) electrons. The molecular weight excluding hydrogens is 266 g/mol. The molecular formula is C13H13NO6. The molecule has 1 aromatic rings. The number of benzene rings is 1. The predicted molar refractivity (Wildman–Crippen MR) is 65.9 cm³/mol. The van der Waals surface area contributed by atoms with Gasteiger partial charge in [-0.3, -0.25) is 9.59 Å². The fourth-order valence-electron chi connectivity index (χ4n) is 1.91. The summed E-state index contributed by atoms with van der Waals surface area (Å²) < 4.78 is 4.99. The zero-order valence-corrected chi connectivity index (χ0v) is 10.5. The highest BCUT2D eigenvalue weighted by atomic mass is 16.6. The molecule has 1 amide bonds. The fraction of sp³-hybridized carbons (Fsp3) is 0.308. The average Bonchev–Trinajstić information content (AvgIpc) is 2.35. The van der Waals surface area contributed by atoms with Crippen molar-refractivity contribution in [2.24, 2.45) is 5.41 Å². The van der Waals surface area contributed by atoms with Crippen molar-refractivity contribution < 1.29 is 29.3 Å². The molecule has 1 heterocycles. The summed E-state index contributed by atoms with van der Waals surface area (Å²) in [6, 6.07) is 8.98. The van der Waals surface area contributed by atoms with Gasteiger partial charge in [0.05, 0.1) is 13.1 Å². The minimum absolute atomic E-state index is 0.0588. The molecule has 0 saturated carbocycles. The predicted octanol–water partition coefficient (Wildman–Crippen LogP) is 0.794. The van der Waals surface area contributed by atoms with Gasteiger partial charge in [-0.15, -0.1) is 0 Å². The van der Waals surface area contributed by atoms with E-state index < -0.39 is 23.4 Å². The summed E-state index contributed by atoms with van der Waals surface area (Å²) in [5, 5.41) is 17.8. The second-order valence-electron chi connectivity index (χ2n) is 4.59. The van der Waals surface area contributed by atoms with Gasteiger partial charge in [-0.1, -0.05) is 30.3 Å². The molecule has 1 aliphatic heterocycles. The van der Waals surface area contributed by atoms with Crippen molar-refractivity contribution in [3.63, 3.8) is 0 Å². The van der Waals surface area contributed by atoms with Gasteiger partial charge in [-0.25, -0.2) is 4.79 Å². The molecule has 2 N–H and O–H groups in total. The van der Waals surface area contributed by atoms with Crippen LogP contribution in [-0.4, -0.2) is 46.2 Å². The molecule has 0 bridgehead atoms. The number of carboxylic acid groups (broad SMARTS) is 2. The molecule has 106 valence electrons. The molecule has 1 aliphatic rings. The van der Waals surface area contributed by atoms with Gasteiger partial charge in [0.2, 0.25) is 0 Å². The van der Waals surface area contributed by atoms with E-state index in [1.54, 1.807) is 24.3 Å². The maximum absolute atomic E-state index is 11.6. The van der Waals surface area contributed by atoms with Crippen LogP contribution in [0, 0.1) is 5.41 Å². The molecule has 7 nitrogen and oxygen atoms in total. The van der Waals surface area contributed by atoms with Crippen molar-refractivity contribution >= 4 is 18.0 Å². The zero-order valence-electron chi connectivity index (χ0n) is 10.5. The van der Waals surface area contributed by atoms with Crippen LogP contribution in [0.15, 0.2) is 30.3 Å². The van der Waals surface area contributed by atoms with Crippen molar-refractivity contribution in [3.05, 3.63) is 35.9 Å². The van der Waals surface area contributed by atoms with Gasteiger partial charge < -0.3 is 19.8 Å². The van der Waals surface area contributed by atoms with E-state index in [0.29, 0.717) is 0 Å². The zero-order chi connectivity index (χ0) is 14.8. The monoisotopic (exact) mass is 279 g/mol. The number of likely N-dealkylation sites (tertiary alicyclic amines) is 1. The van der Waals surface area contributed by atoms with Gasteiger partial charge in [0.15, 0.2) is 5.41 Å². The minimum atomic E-state index is -1.91.